The first kappa shape index (κ1) is 27.9. The van der Waals surface area contributed by atoms with Gasteiger partial charge in [-0.2, -0.15) is 0 Å². The van der Waals surface area contributed by atoms with Crippen LogP contribution >= 0.6 is 0 Å². The minimum absolute atomic E-state index is 0.0377. The largest absolute Gasteiger partial charge is 0.391 e. The van der Waals surface area contributed by atoms with Gasteiger partial charge >= 0.3 is 0 Å². The summed E-state index contributed by atoms with van der Waals surface area (Å²) < 4.78 is 0. The second kappa shape index (κ2) is 14.8. The number of hydrogen-bond acceptors (Lipinski definition) is 3. The molecule has 2 rings (SSSR count). The number of benzene rings is 1. The normalized spacial score (nSPS) is 18.8. The highest BCUT2D eigenvalue weighted by molar-refractivity contribution is 5.79. The van der Waals surface area contributed by atoms with E-state index in [2.05, 4.69) is 38.3 Å². The van der Waals surface area contributed by atoms with Crippen molar-refractivity contribution in [1.82, 2.24) is 10.6 Å². The third-order valence-corrected chi connectivity index (χ3v) is 7.44. The molecule has 188 valence electrons. The van der Waals surface area contributed by atoms with Crippen LogP contribution in [0.3, 0.4) is 0 Å². The van der Waals surface area contributed by atoms with Gasteiger partial charge in [0.2, 0.25) is 5.91 Å². The van der Waals surface area contributed by atoms with Crippen LogP contribution in [0.4, 0.5) is 0 Å². The highest BCUT2D eigenvalue weighted by Crippen LogP contribution is 2.30. The lowest BCUT2D eigenvalue weighted by Crippen LogP contribution is -2.45. The fraction of sp³-hybridized carbons (Fsp3) is 0.759. The molecular weight excluding hydrogens is 408 g/mol. The van der Waals surface area contributed by atoms with Gasteiger partial charge in [0, 0.05) is 12.0 Å². The summed E-state index contributed by atoms with van der Waals surface area (Å²) in [7, 11) is 0. The molecule has 4 atom stereocenters. The molecule has 1 aromatic carbocycles. The SMILES string of the molecule is CC(C)CCCNC(CC1CCCCC1)C(O)CC(C(=O)NC(C)c1ccccc1)C(C)C. The smallest absolute Gasteiger partial charge is 0.223 e. The third-order valence-electron chi connectivity index (χ3n) is 7.44. The second-order valence-corrected chi connectivity index (χ2v) is 11.1. The molecule has 4 nitrogen and oxygen atoms in total. The number of carbonyl (C=O) groups excluding carboxylic acids is 1. The van der Waals surface area contributed by atoms with Crippen molar-refractivity contribution in [3.8, 4) is 0 Å². The Kier molecular flexibility index (Phi) is 12.5. The van der Waals surface area contributed by atoms with Crippen molar-refractivity contribution in [2.45, 2.75) is 111 Å². The summed E-state index contributed by atoms with van der Waals surface area (Å²) in [4.78, 5) is 13.2. The van der Waals surface area contributed by atoms with Gasteiger partial charge in [-0.1, -0.05) is 90.1 Å². The van der Waals surface area contributed by atoms with Gasteiger partial charge in [0.25, 0.3) is 0 Å². The predicted octanol–water partition coefficient (Wildman–Crippen LogP) is 6.25. The van der Waals surface area contributed by atoms with Gasteiger partial charge in [0.1, 0.15) is 0 Å². The Bertz CT molecular complexity index is 655. The molecule has 1 amide bonds. The quantitative estimate of drug-likeness (QED) is 0.289. The van der Waals surface area contributed by atoms with Crippen molar-refractivity contribution in [3.05, 3.63) is 35.9 Å². The van der Waals surface area contributed by atoms with Crippen LogP contribution in [0.15, 0.2) is 30.3 Å². The van der Waals surface area contributed by atoms with Crippen LogP contribution in [0, 0.1) is 23.7 Å². The monoisotopic (exact) mass is 458 g/mol. The number of amides is 1. The summed E-state index contributed by atoms with van der Waals surface area (Å²) in [6.07, 6.45) is 9.90. The van der Waals surface area contributed by atoms with Crippen molar-refractivity contribution in [2.75, 3.05) is 6.54 Å². The second-order valence-electron chi connectivity index (χ2n) is 11.1. The van der Waals surface area contributed by atoms with E-state index in [4.69, 9.17) is 0 Å². The summed E-state index contributed by atoms with van der Waals surface area (Å²) >= 11 is 0. The number of aliphatic hydroxyl groups is 1. The summed E-state index contributed by atoms with van der Waals surface area (Å²) in [5.74, 6) is 1.43. The van der Waals surface area contributed by atoms with E-state index in [0.717, 1.165) is 24.9 Å². The Balaban J connectivity index is 1.99. The first-order valence-corrected chi connectivity index (χ1v) is 13.5. The third kappa shape index (κ3) is 10.2. The lowest BCUT2D eigenvalue weighted by molar-refractivity contribution is -0.128. The van der Waals surface area contributed by atoms with Crippen LogP contribution in [0.25, 0.3) is 0 Å². The minimum Gasteiger partial charge on any atom is -0.391 e. The highest BCUT2D eigenvalue weighted by Gasteiger charge is 2.31. The maximum absolute atomic E-state index is 13.2. The first-order valence-electron chi connectivity index (χ1n) is 13.5. The Morgan fingerprint density at radius 1 is 1.03 bits per heavy atom. The van der Waals surface area contributed by atoms with E-state index in [-0.39, 0.29) is 29.8 Å². The van der Waals surface area contributed by atoms with Gasteiger partial charge in [-0.25, -0.2) is 0 Å². The molecule has 4 unspecified atom stereocenters. The van der Waals surface area contributed by atoms with E-state index in [1.54, 1.807) is 0 Å². The molecule has 0 aliphatic heterocycles. The Hall–Kier alpha value is -1.39. The maximum Gasteiger partial charge on any atom is 0.223 e. The fourth-order valence-corrected chi connectivity index (χ4v) is 5.21. The number of aliphatic hydroxyl groups excluding tert-OH is 1. The van der Waals surface area contributed by atoms with E-state index in [1.807, 2.05) is 37.3 Å². The molecule has 0 heterocycles. The van der Waals surface area contributed by atoms with Crippen LogP contribution in [-0.4, -0.2) is 29.7 Å². The molecule has 1 aliphatic rings. The number of rotatable bonds is 14. The predicted molar refractivity (Wildman–Crippen MR) is 139 cm³/mol. The Morgan fingerprint density at radius 2 is 1.70 bits per heavy atom. The zero-order valence-corrected chi connectivity index (χ0v) is 21.9. The molecule has 0 radical (unpaired) electrons. The van der Waals surface area contributed by atoms with E-state index in [9.17, 15) is 9.90 Å². The van der Waals surface area contributed by atoms with Gasteiger partial charge in [-0.15, -0.1) is 0 Å². The van der Waals surface area contributed by atoms with Crippen LogP contribution in [0.1, 0.15) is 104 Å². The van der Waals surface area contributed by atoms with Gasteiger partial charge in [-0.05, 0) is 62.5 Å². The van der Waals surface area contributed by atoms with Gasteiger partial charge in [0.05, 0.1) is 12.1 Å². The molecule has 4 heteroatoms. The van der Waals surface area contributed by atoms with E-state index < -0.39 is 6.10 Å². The van der Waals surface area contributed by atoms with Crippen LogP contribution in [-0.2, 0) is 4.79 Å². The Labute approximate surface area is 203 Å². The van der Waals surface area contributed by atoms with Crippen molar-refractivity contribution in [1.29, 1.82) is 0 Å². The molecule has 1 fully saturated rings. The number of carbonyl (C=O) groups is 1. The van der Waals surface area contributed by atoms with Crippen molar-refractivity contribution in [2.24, 2.45) is 23.7 Å². The zero-order valence-electron chi connectivity index (χ0n) is 21.9. The van der Waals surface area contributed by atoms with Crippen molar-refractivity contribution in [3.63, 3.8) is 0 Å². The van der Waals surface area contributed by atoms with Crippen LogP contribution < -0.4 is 10.6 Å². The minimum atomic E-state index is -0.504. The molecule has 33 heavy (non-hydrogen) atoms. The maximum atomic E-state index is 13.2. The van der Waals surface area contributed by atoms with E-state index >= 15 is 0 Å². The van der Waals surface area contributed by atoms with Crippen LogP contribution in [0.5, 0.6) is 0 Å². The molecule has 0 saturated heterocycles. The fourth-order valence-electron chi connectivity index (χ4n) is 5.21. The lowest BCUT2D eigenvalue weighted by Gasteiger charge is -2.33. The number of nitrogens with one attached hydrogen (secondary N) is 2. The molecule has 1 aliphatic carbocycles. The van der Waals surface area contributed by atoms with Crippen LogP contribution in [0.2, 0.25) is 0 Å². The topological polar surface area (TPSA) is 61.4 Å². The molecule has 3 N–H and O–H groups in total. The summed E-state index contributed by atoms with van der Waals surface area (Å²) in [5, 5.41) is 18.2. The molecule has 0 bridgehead atoms. The molecule has 0 spiro atoms. The van der Waals surface area contributed by atoms with E-state index in [0.29, 0.717) is 18.3 Å². The lowest BCUT2D eigenvalue weighted by atomic mass is 9.81. The van der Waals surface area contributed by atoms with Gasteiger partial charge in [0.15, 0.2) is 0 Å². The molecular formula is C29H50N2O2. The molecule has 1 aromatic rings. The van der Waals surface area contributed by atoms with Crippen molar-refractivity contribution >= 4 is 5.91 Å². The molecule has 1 saturated carbocycles. The first-order chi connectivity index (χ1) is 15.8. The van der Waals surface area contributed by atoms with Gasteiger partial charge in [-0.3, -0.25) is 4.79 Å². The summed E-state index contributed by atoms with van der Waals surface area (Å²) in [6, 6.07) is 10.1. The highest BCUT2D eigenvalue weighted by atomic mass is 16.3. The van der Waals surface area contributed by atoms with E-state index in [1.165, 1.54) is 38.5 Å². The standard InChI is InChI=1S/C29H50N2O2/c1-21(2)13-12-18-30-27(19-24-14-8-6-9-15-24)28(32)20-26(22(3)4)29(33)31-23(5)25-16-10-7-11-17-25/h7,10-11,16-17,21-24,26-28,30,32H,6,8-9,12-15,18-20H2,1-5H3,(H,31,33). The molecule has 0 aromatic heterocycles. The number of hydrogen-bond donors (Lipinski definition) is 3. The average molecular weight is 459 g/mol. The zero-order chi connectivity index (χ0) is 24.2. The van der Waals surface area contributed by atoms with Crippen molar-refractivity contribution < 1.29 is 9.90 Å². The summed E-state index contributed by atoms with van der Waals surface area (Å²) in [6.45, 7) is 11.7. The Morgan fingerprint density at radius 3 is 2.30 bits per heavy atom. The average Bonchev–Trinajstić information content (AvgIpc) is 2.80. The summed E-state index contributed by atoms with van der Waals surface area (Å²) in [5.41, 5.74) is 1.11. The van der Waals surface area contributed by atoms with Gasteiger partial charge < -0.3 is 15.7 Å².